The molecule has 72 heavy (non-hydrogen) atoms. The number of nitrogens with one attached hydrogen (secondary N) is 2. The highest BCUT2D eigenvalue weighted by molar-refractivity contribution is 7.41. The zero-order valence-corrected chi connectivity index (χ0v) is 48.2. The first-order valence-electron chi connectivity index (χ1n) is 30.2. The Morgan fingerprint density at radius 1 is 0.528 bits per heavy atom. The number of hydrogen-bond acceptors (Lipinski definition) is 10. The fourth-order valence-corrected chi connectivity index (χ4v) is 9.97. The molecule has 0 amide bonds. The van der Waals surface area contributed by atoms with E-state index >= 15 is 0 Å². The van der Waals surface area contributed by atoms with Crippen LogP contribution in [0.1, 0.15) is 297 Å². The molecule has 0 saturated heterocycles. The van der Waals surface area contributed by atoms with Gasteiger partial charge in [0.1, 0.15) is 17.9 Å². The third-order valence-corrected chi connectivity index (χ3v) is 14.6. The number of rotatable bonds is 56. The zero-order chi connectivity index (χ0) is 52.1. The van der Waals surface area contributed by atoms with E-state index in [1.165, 1.54) is 128 Å². The molecular weight excluding hydrogens is 922 g/mol. The molecule has 1 aromatic rings. The highest BCUT2D eigenvalue weighted by Crippen LogP contribution is 2.40. The number of esters is 2. The summed E-state index contributed by atoms with van der Waals surface area (Å²) in [5.74, 6) is 0.646. The number of unbranched alkanes of at least 4 members (excludes halogenated alkanes) is 28. The third-order valence-electron chi connectivity index (χ3n) is 13.4. The molecule has 2 N–H and O–H groups in total. The van der Waals surface area contributed by atoms with Gasteiger partial charge in [-0.05, 0) is 83.5 Å². The second kappa shape index (κ2) is 53.4. The van der Waals surface area contributed by atoms with Crippen LogP contribution < -0.4 is 5.32 Å². The van der Waals surface area contributed by atoms with Crippen LogP contribution in [0.15, 0.2) is 16.3 Å². The van der Waals surface area contributed by atoms with Crippen molar-refractivity contribution in [1.29, 1.82) is 0 Å². The summed E-state index contributed by atoms with van der Waals surface area (Å²) in [4.78, 5) is 41.6. The number of nitrogens with zero attached hydrogens (tertiary/aromatic N) is 3. The molecule has 0 fully saturated rings. The van der Waals surface area contributed by atoms with E-state index in [2.05, 4.69) is 53.0 Å². The van der Waals surface area contributed by atoms with Gasteiger partial charge in [0, 0.05) is 32.6 Å². The monoisotopic (exact) mass is 1030 g/mol. The van der Waals surface area contributed by atoms with E-state index in [0.29, 0.717) is 45.0 Å². The van der Waals surface area contributed by atoms with E-state index < -0.39 is 8.60 Å². The number of ether oxygens (including phenoxy) is 2. The summed E-state index contributed by atoms with van der Waals surface area (Å²) in [6.07, 6.45) is 51.1. The maximum absolute atomic E-state index is 12.9. The SMILES string of the molecule is CCCCCCCCC(CCCCCCCC)OC(=O)CCCCCCCOP(OCCCCCCCC(=O)OC(CCCCCCCC)CCCCCCCC)OCCCN=Cc1[nH]cnc1NC=NC. The first kappa shape index (κ1) is 67.6. The van der Waals surface area contributed by atoms with E-state index in [1.54, 1.807) is 25.9 Å². The minimum absolute atomic E-state index is 0.0166. The molecule has 0 spiro atoms. The van der Waals surface area contributed by atoms with Crippen LogP contribution in [0.2, 0.25) is 0 Å². The number of carbonyl (C=O) groups is 2. The van der Waals surface area contributed by atoms with Crippen LogP contribution >= 0.6 is 8.60 Å². The standard InChI is InChI=1S/C59H112N5O7P/c1-6-10-14-18-24-32-41-54(42-33-25-19-15-11-7-2)70-57(65)45-36-28-22-30-38-48-67-72(69-50-40-47-61-51-56-59(63-52-60-5)64-53-62-56)68-49-39-31-23-29-37-46-58(66)71-55(43-34-26-20-16-12-8-3)44-35-27-21-17-13-9-4/h51-55H,6-50H2,1-5H3,(H,60,63)(H,62,64). The maximum Gasteiger partial charge on any atom is 0.332 e. The van der Waals surface area contributed by atoms with Gasteiger partial charge in [-0.15, -0.1) is 0 Å². The largest absolute Gasteiger partial charge is 0.462 e. The smallest absolute Gasteiger partial charge is 0.332 e. The lowest BCUT2D eigenvalue weighted by atomic mass is 10.0. The Labute approximate surface area is 443 Å². The first-order valence-corrected chi connectivity index (χ1v) is 31.3. The van der Waals surface area contributed by atoms with Crippen LogP contribution in [-0.2, 0) is 32.6 Å². The van der Waals surface area contributed by atoms with Crippen molar-refractivity contribution >= 4 is 38.9 Å². The Kier molecular flexibility index (Phi) is 50.2. The molecule has 13 heteroatoms. The Hall–Kier alpha value is -2.40. The van der Waals surface area contributed by atoms with Crippen molar-refractivity contribution in [2.45, 2.75) is 303 Å². The average Bonchev–Trinajstić information content (AvgIpc) is 3.83. The van der Waals surface area contributed by atoms with Gasteiger partial charge in [-0.2, -0.15) is 0 Å². The van der Waals surface area contributed by atoms with Gasteiger partial charge in [0.2, 0.25) is 0 Å². The van der Waals surface area contributed by atoms with Crippen LogP contribution in [0.4, 0.5) is 5.82 Å². The average molecular weight is 1030 g/mol. The number of imidazole rings is 1. The number of carbonyl (C=O) groups excluding carboxylic acids is 2. The fourth-order valence-electron chi connectivity index (χ4n) is 8.91. The lowest BCUT2D eigenvalue weighted by Gasteiger charge is -2.18. The van der Waals surface area contributed by atoms with E-state index in [0.717, 1.165) is 128 Å². The molecule has 1 heterocycles. The molecular formula is C59H112N5O7P. The highest BCUT2D eigenvalue weighted by Gasteiger charge is 2.17. The first-order chi connectivity index (χ1) is 35.5. The minimum atomic E-state index is -1.47. The number of aliphatic imine (C=N–C) groups is 2. The molecule has 0 radical (unpaired) electrons. The Balaban J connectivity index is 2.48. The van der Waals surface area contributed by atoms with E-state index in [4.69, 9.17) is 23.0 Å². The predicted octanol–water partition coefficient (Wildman–Crippen LogP) is 18.1. The van der Waals surface area contributed by atoms with Gasteiger partial charge in [-0.25, -0.2) is 4.98 Å². The van der Waals surface area contributed by atoms with Crippen molar-refractivity contribution in [3.05, 3.63) is 12.0 Å². The van der Waals surface area contributed by atoms with Crippen LogP contribution in [0, 0.1) is 0 Å². The molecule has 0 aromatic carbocycles. The summed E-state index contributed by atoms with van der Waals surface area (Å²) in [6, 6.07) is 0. The maximum atomic E-state index is 12.9. The van der Waals surface area contributed by atoms with Crippen molar-refractivity contribution < 1.29 is 32.6 Å². The molecule has 0 aliphatic carbocycles. The Morgan fingerprint density at radius 2 is 0.889 bits per heavy atom. The summed E-state index contributed by atoms with van der Waals surface area (Å²) in [6.45, 7) is 11.3. The summed E-state index contributed by atoms with van der Waals surface area (Å²) in [5.41, 5.74) is 0.794. The molecule has 0 aliphatic heterocycles. The van der Waals surface area contributed by atoms with Crippen molar-refractivity contribution in [1.82, 2.24) is 9.97 Å². The minimum Gasteiger partial charge on any atom is -0.462 e. The number of aromatic amines is 1. The van der Waals surface area contributed by atoms with Gasteiger partial charge in [0.25, 0.3) is 0 Å². The lowest BCUT2D eigenvalue weighted by Crippen LogP contribution is -2.18. The summed E-state index contributed by atoms with van der Waals surface area (Å²) in [5, 5.41) is 3.03. The van der Waals surface area contributed by atoms with Crippen molar-refractivity contribution in [2.24, 2.45) is 9.98 Å². The number of anilines is 1. The van der Waals surface area contributed by atoms with Crippen LogP contribution in [0.5, 0.6) is 0 Å². The van der Waals surface area contributed by atoms with Crippen LogP contribution in [0.3, 0.4) is 0 Å². The predicted molar refractivity (Wildman–Crippen MR) is 306 cm³/mol. The molecule has 1 aromatic heterocycles. The molecule has 0 saturated carbocycles. The molecule has 0 bridgehead atoms. The van der Waals surface area contributed by atoms with Crippen LogP contribution in [-0.4, -0.2) is 80.1 Å². The van der Waals surface area contributed by atoms with E-state index in [-0.39, 0.29) is 24.1 Å². The van der Waals surface area contributed by atoms with Gasteiger partial charge in [-0.3, -0.25) is 19.6 Å². The van der Waals surface area contributed by atoms with Crippen molar-refractivity contribution in [3.8, 4) is 0 Å². The summed E-state index contributed by atoms with van der Waals surface area (Å²) >= 11 is 0. The second-order valence-corrected chi connectivity index (χ2v) is 21.5. The molecule has 0 unspecified atom stereocenters. The van der Waals surface area contributed by atoms with Gasteiger partial charge in [-0.1, -0.05) is 195 Å². The van der Waals surface area contributed by atoms with Gasteiger partial charge in [0.15, 0.2) is 5.82 Å². The third kappa shape index (κ3) is 43.9. The van der Waals surface area contributed by atoms with E-state index in [1.807, 2.05) is 0 Å². The summed E-state index contributed by atoms with van der Waals surface area (Å²) in [7, 11) is 0.232. The normalized spacial score (nSPS) is 11.9. The summed E-state index contributed by atoms with van der Waals surface area (Å²) < 4.78 is 30.7. The van der Waals surface area contributed by atoms with Gasteiger partial charge >= 0.3 is 20.5 Å². The molecule has 0 atom stereocenters. The lowest BCUT2D eigenvalue weighted by molar-refractivity contribution is -0.151. The molecule has 12 nitrogen and oxygen atoms in total. The van der Waals surface area contributed by atoms with Gasteiger partial charge < -0.3 is 33.3 Å². The van der Waals surface area contributed by atoms with E-state index in [9.17, 15) is 9.59 Å². The van der Waals surface area contributed by atoms with Crippen molar-refractivity contribution in [2.75, 3.05) is 38.7 Å². The fraction of sp³-hybridized carbons (Fsp3) is 0.881. The highest BCUT2D eigenvalue weighted by atomic mass is 31.2. The Bertz CT molecular complexity index is 1280. The molecule has 1 rings (SSSR count). The number of H-pyrrole nitrogens is 1. The zero-order valence-electron chi connectivity index (χ0n) is 47.4. The van der Waals surface area contributed by atoms with Crippen LogP contribution in [0.25, 0.3) is 0 Å². The van der Waals surface area contributed by atoms with Gasteiger partial charge in [0.05, 0.1) is 32.5 Å². The molecule has 420 valence electrons. The Morgan fingerprint density at radius 3 is 1.29 bits per heavy atom. The quantitative estimate of drug-likeness (QED) is 0.0214. The topological polar surface area (TPSA) is 146 Å². The number of hydrogen-bond donors (Lipinski definition) is 2. The molecule has 0 aliphatic rings. The number of aromatic nitrogens is 2. The second-order valence-electron chi connectivity index (χ2n) is 20.3. The van der Waals surface area contributed by atoms with Crippen molar-refractivity contribution in [3.63, 3.8) is 0 Å².